The number of epoxide rings is 1. The van der Waals surface area contributed by atoms with Crippen molar-refractivity contribution in [2.45, 2.75) is 50.7 Å². The van der Waals surface area contributed by atoms with Crippen molar-refractivity contribution in [2.24, 2.45) is 5.92 Å². The van der Waals surface area contributed by atoms with E-state index in [2.05, 4.69) is 16.0 Å². The van der Waals surface area contributed by atoms with E-state index in [9.17, 15) is 19.5 Å². The van der Waals surface area contributed by atoms with Crippen LogP contribution in [0.25, 0.3) is 0 Å². The van der Waals surface area contributed by atoms with Crippen LogP contribution in [0.3, 0.4) is 0 Å². The molecule has 1 heterocycles. The highest BCUT2D eigenvalue weighted by atomic mass is 16.6. The number of hydrogen-bond donors (Lipinski definition) is 4. The molecule has 0 spiro atoms. The number of aliphatic hydroxyl groups excluding tert-OH is 1. The average Bonchev–Trinajstić information content (AvgIpc) is 3.81. The molecule has 4 N–H and O–H groups in total. The van der Waals surface area contributed by atoms with Gasteiger partial charge in [-0.05, 0) is 42.2 Å². The van der Waals surface area contributed by atoms with Gasteiger partial charge in [-0.2, -0.15) is 0 Å². The van der Waals surface area contributed by atoms with Crippen molar-refractivity contribution in [3.8, 4) is 11.5 Å². The highest BCUT2D eigenvalue weighted by Gasteiger charge is 2.47. The van der Waals surface area contributed by atoms with Crippen molar-refractivity contribution in [2.75, 3.05) is 19.8 Å². The SMILES string of the molecule is CC(C)[C@H](NC(=O)COc1ccccc1)C(=O)N[C@@H](Cc1ccccc1)[C@H](O)[C@H]1O[C@@H]1CNC(=O)COc1ccccc1. The van der Waals surface area contributed by atoms with E-state index in [1.54, 1.807) is 36.4 Å². The van der Waals surface area contributed by atoms with Gasteiger partial charge >= 0.3 is 0 Å². The van der Waals surface area contributed by atoms with Gasteiger partial charge in [-0.25, -0.2) is 0 Å². The maximum absolute atomic E-state index is 13.4. The van der Waals surface area contributed by atoms with Crippen LogP contribution in [0.5, 0.6) is 11.5 Å². The van der Waals surface area contributed by atoms with Gasteiger partial charge in [-0.3, -0.25) is 14.4 Å². The molecule has 0 aliphatic carbocycles. The Morgan fingerprint density at radius 2 is 1.33 bits per heavy atom. The monoisotopic (exact) mass is 589 g/mol. The molecule has 10 heteroatoms. The molecule has 4 rings (SSSR count). The smallest absolute Gasteiger partial charge is 0.258 e. The van der Waals surface area contributed by atoms with Gasteiger partial charge in [0.2, 0.25) is 5.91 Å². The van der Waals surface area contributed by atoms with E-state index in [1.807, 2.05) is 68.4 Å². The van der Waals surface area contributed by atoms with E-state index in [4.69, 9.17) is 14.2 Å². The molecule has 0 aromatic heterocycles. The predicted molar refractivity (Wildman–Crippen MR) is 160 cm³/mol. The fraction of sp³-hybridized carbons (Fsp3) is 0.364. The summed E-state index contributed by atoms with van der Waals surface area (Å²) in [5, 5.41) is 19.7. The van der Waals surface area contributed by atoms with Crippen molar-refractivity contribution in [3.63, 3.8) is 0 Å². The van der Waals surface area contributed by atoms with Crippen LogP contribution < -0.4 is 25.4 Å². The molecule has 3 aromatic carbocycles. The summed E-state index contributed by atoms with van der Waals surface area (Å²) in [7, 11) is 0. The molecule has 0 unspecified atom stereocenters. The number of carbonyl (C=O) groups is 3. The van der Waals surface area contributed by atoms with Crippen molar-refractivity contribution in [1.29, 1.82) is 0 Å². The molecule has 228 valence electrons. The van der Waals surface area contributed by atoms with Gasteiger partial charge in [0.15, 0.2) is 13.2 Å². The van der Waals surface area contributed by atoms with Crippen molar-refractivity contribution < 1.29 is 33.7 Å². The zero-order valence-corrected chi connectivity index (χ0v) is 24.3. The Morgan fingerprint density at radius 1 is 0.791 bits per heavy atom. The molecular weight excluding hydrogens is 550 g/mol. The molecule has 5 atom stereocenters. The molecule has 1 fully saturated rings. The van der Waals surface area contributed by atoms with E-state index in [-0.39, 0.29) is 31.6 Å². The Labute approximate surface area is 251 Å². The molecule has 1 aliphatic heterocycles. The van der Waals surface area contributed by atoms with E-state index in [0.29, 0.717) is 17.9 Å². The molecule has 0 bridgehead atoms. The fourth-order valence-corrected chi connectivity index (χ4v) is 4.59. The number of benzene rings is 3. The van der Waals surface area contributed by atoms with Crippen molar-refractivity contribution in [1.82, 2.24) is 16.0 Å². The zero-order chi connectivity index (χ0) is 30.6. The van der Waals surface area contributed by atoms with Crippen LogP contribution in [0.2, 0.25) is 0 Å². The summed E-state index contributed by atoms with van der Waals surface area (Å²) in [6.45, 7) is 3.47. The zero-order valence-electron chi connectivity index (χ0n) is 24.3. The number of aliphatic hydroxyl groups is 1. The number of ether oxygens (including phenoxy) is 3. The van der Waals surface area contributed by atoms with Crippen LogP contribution in [-0.4, -0.2) is 73.0 Å². The number of hydrogen-bond acceptors (Lipinski definition) is 7. The van der Waals surface area contributed by atoms with Gasteiger partial charge in [0.05, 0.1) is 6.04 Å². The number of carbonyl (C=O) groups excluding carboxylic acids is 3. The van der Waals surface area contributed by atoms with Crippen molar-refractivity contribution >= 4 is 17.7 Å². The third-order valence-corrected chi connectivity index (χ3v) is 6.99. The Morgan fingerprint density at radius 3 is 1.88 bits per heavy atom. The van der Waals surface area contributed by atoms with Crippen LogP contribution in [0.15, 0.2) is 91.0 Å². The highest BCUT2D eigenvalue weighted by Crippen LogP contribution is 2.28. The van der Waals surface area contributed by atoms with Crippen LogP contribution in [0.1, 0.15) is 19.4 Å². The topological polar surface area (TPSA) is 139 Å². The lowest BCUT2D eigenvalue weighted by Crippen LogP contribution is -2.56. The summed E-state index contributed by atoms with van der Waals surface area (Å²) in [5.41, 5.74) is 0.914. The Bertz CT molecular complexity index is 1310. The number of amides is 3. The minimum atomic E-state index is -1.06. The van der Waals surface area contributed by atoms with Crippen LogP contribution >= 0.6 is 0 Å². The van der Waals surface area contributed by atoms with Gasteiger partial charge in [-0.15, -0.1) is 0 Å². The van der Waals surface area contributed by atoms with Crippen molar-refractivity contribution in [3.05, 3.63) is 96.6 Å². The normalized spacial score (nSPS) is 17.7. The number of nitrogens with one attached hydrogen (secondary N) is 3. The predicted octanol–water partition coefficient (Wildman–Crippen LogP) is 2.26. The van der Waals surface area contributed by atoms with Gasteiger partial charge < -0.3 is 35.3 Å². The van der Waals surface area contributed by atoms with Gasteiger partial charge in [-0.1, -0.05) is 80.6 Å². The molecule has 1 aliphatic rings. The first-order chi connectivity index (χ1) is 20.8. The summed E-state index contributed by atoms with van der Waals surface area (Å²) < 4.78 is 16.7. The number of rotatable bonds is 16. The second-order valence-corrected chi connectivity index (χ2v) is 10.7. The average molecular weight is 590 g/mol. The summed E-state index contributed by atoms with van der Waals surface area (Å²) in [6.07, 6.45) is -1.72. The third-order valence-electron chi connectivity index (χ3n) is 6.99. The quantitative estimate of drug-likeness (QED) is 0.188. The summed E-state index contributed by atoms with van der Waals surface area (Å²) in [6, 6.07) is 25.9. The minimum Gasteiger partial charge on any atom is -0.484 e. The molecule has 10 nitrogen and oxygen atoms in total. The Hall–Kier alpha value is -4.41. The van der Waals surface area contributed by atoms with E-state index in [0.717, 1.165) is 5.56 Å². The van der Waals surface area contributed by atoms with Crippen LogP contribution in [0, 0.1) is 5.92 Å². The molecule has 1 saturated heterocycles. The molecule has 43 heavy (non-hydrogen) atoms. The fourth-order valence-electron chi connectivity index (χ4n) is 4.59. The molecule has 3 amide bonds. The van der Waals surface area contributed by atoms with E-state index >= 15 is 0 Å². The number of para-hydroxylation sites is 2. The lowest BCUT2D eigenvalue weighted by Gasteiger charge is -2.28. The van der Waals surface area contributed by atoms with Gasteiger partial charge in [0.1, 0.15) is 35.9 Å². The van der Waals surface area contributed by atoms with Crippen LogP contribution in [0.4, 0.5) is 0 Å². The van der Waals surface area contributed by atoms with Gasteiger partial charge in [0.25, 0.3) is 11.8 Å². The lowest BCUT2D eigenvalue weighted by atomic mass is 9.96. The standard InChI is InChI=1S/C33H39N3O7/c1-22(2)30(36-29(38)21-42-25-16-10-5-11-17-25)33(40)35-26(18-23-12-6-3-7-13-23)31(39)32-27(43-32)19-34-28(37)20-41-24-14-8-4-9-15-24/h3-17,22,26-27,30-32,39H,18-21H2,1-2H3,(H,34,37)(H,35,40)(H,36,38)/t26-,27+,30-,31-,32-/m0/s1. The largest absolute Gasteiger partial charge is 0.484 e. The lowest BCUT2D eigenvalue weighted by molar-refractivity contribution is -0.132. The van der Waals surface area contributed by atoms with E-state index < -0.39 is 42.2 Å². The maximum Gasteiger partial charge on any atom is 0.258 e. The molecule has 0 saturated carbocycles. The Balaban J connectivity index is 1.32. The second kappa shape index (κ2) is 15.7. The third kappa shape index (κ3) is 10.1. The summed E-state index contributed by atoms with van der Waals surface area (Å²) in [4.78, 5) is 38.3. The summed E-state index contributed by atoms with van der Waals surface area (Å²) in [5.74, 6) is -0.259. The minimum absolute atomic E-state index is 0.144. The van der Waals surface area contributed by atoms with Crippen LogP contribution in [-0.2, 0) is 25.5 Å². The van der Waals surface area contributed by atoms with Gasteiger partial charge in [0, 0.05) is 6.54 Å². The first-order valence-corrected chi connectivity index (χ1v) is 14.4. The molecular formula is C33H39N3O7. The maximum atomic E-state index is 13.4. The first kappa shape index (κ1) is 31.5. The molecule has 3 aromatic rings. The van der Waals surface area contributed by atoms with E-state index in [1.165, 1.54) is 0 Å². The first-order valence-electron chi connectivity index (χ1n) is 14.4. The highest BCUT2D eigenvalue weighted by molar-refractivity contribution is 5.88. The Kier molecular flexibility index (Phi) is 11.5. The second-order valence-electron chi connectivity index (χ2n) is 10.7. The summed E-state index contributed by atoms with van der Waals surface area (Å²) >= 11 is 0. The molecule has 0 radical (unpaired) electrons.